The third-order valence-electron chi connectivity index (χ3n) is 2.68. The van der Waals surface area contributed by atoms with Crippen molar-refractivity contribution in [2.45, 2.75) is 13.8 Å². The Kier molecular flexibility index (Phi) is 6.02. The van der Waals surface area contributed by atoms with Gasteiger partial charge < -0.3 is 15.4 Å². The fraction of sp³-hybridized carbons (Fsp3) is 0.429. The van der Waals surface area contributed by atoms with E-state index in [2.05, 4.69) is 10.6 Å². The molecular weight excluding hydrogens is 244 g/mol. The van der Waals surface area contributed by atoms with Gasteiger partial charge in [-0.2, -0.15) is 0 Å². The molecular formula is C14H20N2O3. The first kappa shape index (κ1) is 15.2. The molecule has 0 atom stereocenters. The smallest absolute Gasteiger partial charge is 0.251 e. The lowest BCUT2D eigenvalue weighted by molar-refractivity contribution is -0.120. The molecule has 5 heteroatoms. The fourth-order valence-corrected chi connectivity index (χ4v) is 1.59. The first-order valence-corrected chi connectivity index (χ1v) is 6.15. The van der Waals surface area contributed by atoms with E-state index in [-0.39, 0.29) is 18.4 Å². The van der Waals surface area contributed by atoms with Crippen molar-refractivity contribution in [3.63, 3.8) is 0 Å². The van der Waals surface area contributed by atoms with Crippen LogP contribution in [0.4, 0.5) is 0 Å². The van der Waals surface area contributed by atoms with Gasteiger partial charge in [0, 0.05) is 19.2 Å². The number of hydrogen-bond acceptors (Lipinski definition) is 3. The molecule has 104 valence electrons. The topological polar surface area (TPSA) is 67.4 Å². The maximum Gasteiger partial charge on any atom is 0.251 e. The van der Waals surface area contributed by atoms with Crippen LogP contribution in [0, 0.1) is 13.8 Å². The number of aryl methyl sites for hydroxylation is 2. The number of carbonyl (C=O) groups is 2. The number of hydrogen-bond donors (Lipinski definition) is 2. The lowest BCUT2D eigenvalue weighted by Crippen LogP contribution is -2.38. The first-order chi connectivity index (χ1) is 9.04. The highest BCUT2D eigenvalue weighted by molar-refractivity contribution is 5.97. The molecule has 0 unspecified atom stereocenters. The van der Waals surface area contributed by atoms with Gasteiger partial charge >= 0.3 is 0 Å². The maximum atomic E-state index is 11.9. The molecule has 2 N–H and O–H groups in total. The maximum absolute atomic E-state index is 11.9. The molecule has 1 rings (SSSR count). The van der Waals surface area contributed by atoms with Gasteiger partial charge in [0.05, 0.1) is 13.2 Å². The van der Waals surface area contributed by atoms with Gasteiger partial charge in [-0.15, -0.1) is 0 Å². The van der Waals surface area contributed by atoms with E-state index in [1.165, 1.54) is 0 Å². The molecule has 0 saturated heterocycles. The minimum Gasteiger partial charge on any atom is -0.383 e. The summed E-state index contributed by atoms with van der Waals surface area (Å²) in [4.78, 5) is 23.4. The molecule has 1 aromatic rings. The van der Waals surface area contributed by atoms with E-state index in [1.807, 2.05) is 32.0 Å². The third kappa shape index (κ3) is 5.09. The molecule has 0 heterocycles. The molecule has 0 aromatic heterocycles. The number of nitrogens with one attached hydrogen (secondary N) is 2. The summed E-state index contributed by atoms with van der Waals surface area (Å²) in [6, 6.07) is 5.65. The Morgan fingerprint density at radius 1 is 1.21 bits per heavy atom. The third-order valence-corrected chi connectivity index (χ3v) is 2.68. The van der Waals surface area contributed by atoms with Crippen LogP contribution in [0.2, 0.25) is 0 Å². The van der Waals surface area contributed by atoms with Gasteiger partial charge in [0.1, 0.15) is 0 Å². The van der Waals surface area contributed by atoms with Gasteiger partial charge in [0.2, 0.25) is 5.91 Å². The van der Waals surface area contributed by atoms with Gasteiger partial charge in [0.25, 0.3) is 5.91 Å². The van der Waals surface area contributed by atoms with Crippen LogP contribution in [0.3, 0.4) is 0 Å². The summed E-state index contributed by atoms with van der Waals surface area (Å²) in [5.74, 6) is -0.459. The van der Waals surface area contributed by atoms with Crippen LogP contribution < -0.4 is 10.6 Å². The van der Waals surface area contributed by atoms with Gasteiger partial charge in [-0.25, -0.2) is 0 Å². The number of methoxy groups -OCH3 is 1. The van der Waals surface area contributed by atoms with E-state index < -0.39 is 0 Å². The second kappa shape index (κ2) is 7.53. The molecule has 0 radical (unpaired) electrons. The zero-order chi connectivity index (χ0) is 14.3. The molecule has 2 amide bonds. The van der Waals surface area contributed by atoms with E-state index >= 15 is 0 Å². The van der Waals surface area contributed by atoms with Gasteiger partial charge in [0.15, 0.2) is 0 Å². The Hall–Kier alpha value is -1.88. The van der Waals surface area contributed by atoms with Crippen molar-refractivity contribution in [2.24, 2.45) is 0 Å². The summed E-state index contributed by atoms with van der Waals surface area (Å²) in [5, 5.41) is 5.24. The van der Waals surface area contributed by atoms with Crippen LogP contribution in [0.1, 0.15) is 21.5 Å². The molecule has 0 bridgehead atoms. The lowest BCUT2D eigenvalue weighted by atomic mass is 10.1. The Labute approximate surface area is 113 Å². The summed E-state index contributed by atoms with van der Waals surface area (Å²) in [5.41, 5.74) is 2.51. The van der Waals surface area contributed by atoms with Crippen LogP contribution in [0.15, 0.2) is 18.2 Å². The highest BCUT2D eigenvalue weighted by Crippen LogP contribution is 2.10. The van der Waals surface area contributed by atoms with Gasteiger partial charge in [-0.3, -0.25) is 9.59 Å². The van der Waals surface area contributed by atoms with Crippen molar-refractivity contribution >= 4 is 11.8 Å². The quantitative estimate of drug-likeness (QED) is 0.747. The predicted octanol–water partition coefficient (Wildman–Crippen LogP) is 0.796. The van der Waals surface area contributed by atoms with Crippen LogP contribution >= 0.6 is 0 Å². The average molecular weight is 264 g/mol. The van der Waals surface area contributed by atoms with Crippen molar-refractivity contribution in [2.75, 3.05) is 26.8 Å². The second-order valence-corrected chi connectivity index (χ2v) is 4.34. The zero-order valence-electron chi connectivity index (χ0n) is 11.6. The second-order valence-electron chi connectivity index (χ2n) is 4.34. The summed E-state index contributed by atoms with van der Waals surface area (Å²) >= 11 is 0. The van der Waals surface area contributed by atoms with Crippen molar-refractivity contribution in [3.05, 3.63) is 34.9 Å². The van der Waals surface area contributed by atoms with Crippen molar-refractivity contribution in [3.8, 4) is 0 Å². The number of amides is 2. The zero-order valence-corrected chi connectivity index (χ0v) is 11.6. The standard InChI is InChI=1S/C14H20N2O3/c1-10-4-5-11(2)12(8-10)14(18)16-9-13(17)15-6-7-19-3/h4-5,8H,6-7,9H2,1-3H3,(H,15,17)(H,16,18). The Bertz CT molecular complexity index is 458. The molecule has 0 aliphatic heterocycles. The minimum absolute atomic E-state index is 0.0318. The number of benzene rings is 1. The fourth-order valence-electron chi connectivity index (χ4n) is 1.59. The van der Waals surface area contributed by atoms with E-state index in [1.54, 1.807) is 7.11 Å². The summed E-state index contributed by atoms with van der Waals surface area (Å²) in [6.07, 6.45) is 0. The highest BCUT2D eigenvalue weighted by Gasteiger charge is 2.10. The normalized spacial score (nSPS) is 10.1. The van der Waals surface area contributed by atoms with E-state index in [0.29, 0.717) is 18.7 Å². The van der Waals surface area contributed by atoms with Crippen LogP contribution in [0.5, 0.6) is 0 Å². The molecule has 19 heavy (non-hydrogen) atoms. The highest BCUT2D eigenvalue weighted by atomic mass is 16.5. The summed E-state index contributed by atoms with van der Waals surface area (Å²) in [7, 11) is 1.56. The average Bonchev–Trinajstić information content (AvgIpc) is 2.39. The number of rotatable bonds is 6. The molecule has 0 fully saturated rings. The minimum atomic E-state index is -0.233. The SMILES string of the molecule is COCCNC(=O)CNC(=O)c1cc(C)ccc1C. The Balaban J connectivity index is 2.47. The van der Waals surface area contributed by atoms with Crippen LogP contribution in [-0.2, 0) is 9.53 Å². The lowest BCUT2D eigenvalue weighted by Gasteiger charge is -2.09. The molecule has 5 nitrogen and oxygen atoms in total. The molecule has 0 aliphatic carbocycles. The van der Waals surface area contributed by atoms with Gasteiger partial charge in [-0.1, -0.05) is 17.7 Å². The summed E-state index contributed by atoms with van der Waals surface area (Å²) in [6.45, 7) is 4.65. The number of carbonyl (C=O) groups excluding carboxylic acids is 2. The Morgan fingerprint density at radius 3 is 2.63 bits per heavy atom. The Morgan fingerprint density at radius 2 is 1.95 bits per heavy atom. The van der Waals surface area contributed by atoms with Crippen molar-refractivity contribution in [1.82, 2.24) is 10.6 Å². The molecule has 0 spiro atoms. The molecule has 1 aromatic carbocycles. The molecule has 0 saturated carbocycles. The van der Waals surface area contributed by atoms with Gasteiger partial charge in [-0.05, 0) is 25.5 Å². The first-order valence-electron chi connectivity index (χ1n) is 6.15. The van der Waals surface area contributed by atoms with Crippen molar-refractivity contribution < 1.29 is 14.3 Å². The van der Waals surface area contributed by atoms with E-state index in [4.69, 9.17) is 4.74 Å². The number of ether oxygens (including phenoxy) is 1. The monoisotopic (exact) mass is 264 g/mol. The van der Waals surface area contributed by atoms with E-state index in [9.17, 15) is 9.59 Å². The summed E-state index contributed by atoms with van der Waals surface area (Å²) < 4.78 is 4.81. The largest absolute Gasteiger partial charge is 0.383 e. The molecule has 0 aliphatic rings. The van der Waals surface area contributed by atoms with E-state index in [0.717, 1.165) is 11.1 Å². The van der Waals surface area contributed by atoms with Crippen LogP contribution in [-0.4, -0.2) is 38.6 Å². The van der Waals surface area contributed by atoms with Crippen LogP contribution in [0.25, 0.3) is 0 Å². The predicted molar refractivity (Wildman–Crippen MR) is 73.1 cm³/mol. The van der Waals surface area contributed by atoms with Crippen molar-refractivity contribution in [1.29, 1.82) is 0 Å².